The predicted octanol–water partition coefficient (Wildman–Crippen LogP) is 4.26. The first kappa shape index (κ1) is 20.0. The molecular weight excluding hydrogens is 396 g/mol. The third-order valence-corrected chi connectivity index (χ3v) is 5.79. The fourth-order valence-corrected chi connectivity index (χ4v) is 4.16. The molecule has 0 fully saturated rings. The summed E-state index contributed by atoms with van der Waals surface area (Å²) in [4.78, 5) is 14.9. The van der Waals surface area contributed by atoms with Crippen molar-refractivity contribution in [1.82, 2.24) is 19.7 Å². The Kier molecular flexibility index (Phi) is 6.29. The number of aromatic nitrogens is 3. The zero-order valence-electron chi connectivity index (χ0n) is 16.6. The molecule has 0 atom stereocenters. The largest absolute Gasteiger partial charge is 0.467 e. The van der Waals surface area contributed by atoms with Crippen LogP contribution in [0.3, 0.4) is 0 Å². The van der Waals surface area contributed by atoms with Gasteiger partial charge in [-0.2, -0.15) is 0 Å². The molecule has 0 saturated carbocycles. The van der Waals surface area contributed by atoms with Gasteiger partial charge in [-0.05, 0) is 23.3 Å². The molecule has 6 nitrogen and oxygen atoms in total. The number of furan rings is 1. The van der Waals surface area contributed by atoms with Gasteiger partial charge in [0, 0.05) is 7.05 Å². The lowest BCUT2D eigenvalue weighted by Crippen LogP contribution is -2.33. The van der Waals surface area contributed by atoms with Gasteiger partial charge in [0.15, 0.2) is 5.16 Å². The Labute approximate surface area is 179 Å². The average Bonchev–Trinajstić information content (AvgIpc) is 3.46. The van der Waals surface area contributed by atoms with Gasteiger partial charge in [0.05, 0.1) is 24.6 Å². The smallest absolute Gasteiger partial charge is 0.233 e. The topological polar surface area (TPSA) is 64.2 Å². The lowest BCUT2D eigenvalue weighted by Gasteiger charge is -2.29. The van der Waals surface area contributed by atoms with E-state index in [0.29, 0.717) is 11.7 Å². The molecule has 1 amide bonds. The van der Waals surface area contributed by atoms with Gasteiger partial charge in [0.1, 0.15) is 12.1 Å². The van der Waals surface area contributed by atoms with Gasteiger partial charge in [0.2, 0.25) is 5.91 Å². The zero-order valence-corrected chi connectivity index (χ0v) is 17.4. The highest BCUT2D eigenvalue weighted by Crippen LogP contribution is 2.28. The summed E-state index contributed by atoms with van der Waals surface area (Å²) in [5.74, 6) is 1.10. The highest BCUT2D eigenvalue weighted by Gasteiger charge is 2.24. The maximum absolute atomic E-state index is 13.1. The molecule has 30 heavy (non-hydrogen) atoms. The molecule has 7 heteroatoms. The number of carbonyl (C=O) groups excluding carboxylic acids is 1. The highest BCUT2D eigenvalue weighted by molar-refractivity contribution is 7.99. The molecule has 0 unspecified atom stereocenters. The summed E-state index contributed by atoms with van der Waals surface area (Å²) in [5.41, 5.74) is 2.15. The van der Waals surface area contributed by atoms with Crippen LogP contribution in [0.4, 0.5) is 0 Å². The minimum Gasteiger partial charge on any atom is -0.467 e. The van der Waals surface area contributed by atoms with Crippen LogP contribution in [0.5, 0.6) is 0 Å². The standard InChI is InChI=1S/C23H22N4O2S/c1-26(22(18-9-4-2-5-10-18)19-11-6-3-7-12-19)21(28)16-30-23-25-24-17-27(23)15-20-13-8-14-29-20/h2-14,17,22H,15-16H2,1H3. The Morgan fingerprint density at radius 3 is 2.30 bits per heavy atom. The van der Waals surface area contributed by atoms with Gasteiger partial charge >= 0.3 is 0 Å². The summed E-state index contributed by atoms with van der Waals surface area (Å²) in [6.07, 6.45) is 3.29. The molecule has 0 radical (unpaired) electrons. The Morgan fingerprint density at radius 1 is 1.03 bits per heavy atom. The number of hydrogen-bond acceptors (Lipinski definition) is 5. The van der Waals surface area contributed by atoms with E-state index in [2.05, 4.69) is 34.5 Å². The quantitative estimate of drug-likeness (QED) is 0.400. The monoisotopic (exact) mass is 418 g/mol. The Bertz CT molecular complexity index is 1030. The van der Waals surface area contributed by atoms with E-state index in [1.54, 1.807) is 17.5 Å². The molecule has 0 spiro atoms. The molecule has 4 rings (SSSR count). The molecule has 4 aromatic rings. The van der Waals surface area contributed by atoms with Crippen LogP contribution < -0.4 is 0 Å². The molecule has 0 bridgehead atoms. The maximum Gasteiger partial charge on any atom is 0.233 e. The van der Waals surface area contributed by atoms with Crippen molar-refractivity contribution in [3.8, 4) is 0 Å². The molecule has 0 aliphatic rings. The summed E-state index contributed by atoms with van der Waals surface area (Å²) in [6, 6.07) is 23.7. The molecule has 2 aromatic heterocycles. The van der Waals surface area contributed by atoms with Gasteiger partial charge < -0.3 is 13.9 Å². The van der Waals surface area contributed by atoms with Gasteiger partial charge in [-0.15, -0.1) is 10.2 Å². The van der Waals surface area contributed by atoms with Gasteiger partial charge in [0.25, 0.3) is 0 Å². The van der Waals surface area contributed by atoms with Crippen LogP contribution >= 0.6 is 11.8 Å². The molecule has 0 saturated heterocycles. The van der Waals surface area contributed by atoms with E-state index in [4.69, 9.17) is 4.42 Å². The van der Waals surface area contributed by atoms with Crippen LogP contribution in [0, 0.1) is 0 Å². The number of benzene rings is 2. The van der Waals surface area contributed by atoms with Crippen molar-refractivity contribution in [2.75, 3.05) is 12.8 Å². The van der Waals surface area contributed by atoms with Crippen LogP contribution in [0.25, 0.3) is 0 Å². The molecular formula is C23H22N4O2S. The zero-order chi connectivity index (χ0) is 20.8. The van der Waals surface area contributed by atoms with Gasteiger partial charge in [-0.3, -0.25) is 4.79 Å². The minimum atomic E-state index is -0.151. The molecule has 0 aliphatic carbocycles. The van der Waals surface area contributed by atoms with Crippen molar-refractivity contribution in [1.29, 1.82) is 0 Å². The summed E-state index contributed by atoms with van der Waals surface area (Å²) in [7, 11) is 1.85. The van der Waals surface area contributed by atoms with Crippen molar-refractivity contribution in [2.45, 2.75) is 17.7 Å². The average molecular weight is 419 g/mol. The lowest BCUT2D eigenvalue weighted by atomic mass is 9.97. The number of thioether (sulfide) groups is 1. The first-order valence-electron chi connectivity index (χ1n) is 9.61. The van der Waals surface area contributed by atoms with E-state index in [1.165, 1.54) is 11.8 Å². The van der Waals surface area contributed by atoms with Crippen LogP contribution in [0.1, 0.15) is 22.9 Å². The first-order valence-corrected chi connectivity index (χ1v) is 10.6. The number of rotatable bonds is 8. The van der Waals surface area contributed by atoms with E-state index in [9.17, 15) is 4.79 Å². The van der Waals surface area contributed by atoms with E-state index in [0.717, 1.165) is 16.9 Å². The SMILES string of the molecule is CN(C(=O)CSc1nncn1Cc1ccco1)C(c1ccccc1)c1ccccc1. The number of amides is 1. The molecule has 0 N–H and O–H groups in total. The van der Waals surface area contributed by atoms with Crippen molar-refractivity contribution >= 4 is 17.7 Å². The second-order valence-electron chi connectivity index (χ2n) is 6.84. The second kappa shape index (κ2) is 9.45. The normalized spacial score (nSPS) is 11.0. The Balaban J connectivity index is 1.48. The van der Waals surface area contributed by atoms with Crippen LogP contribution in [-0.2, 0) is 11.3 Å². The third-order valence-electron chi connectivity index (χ3n) is 4.82. The number of carbonyl (C=O) groups is 1. The van der Waals surface area contributed by atoms with Crippen molar-refractivity contribution in [3.63, 3.8) is 0 Å². The number of hydrogen-bond donors (Lipinski definition) is 0. The Morgan fingerprint density at radius 2 is 1.70 bits per heavy atom. The van der Waals surface area contributed by atoms with Gasteiger partial charge in [-0.25, -0.2) is 0 Å². The lowest BCUT2D eigenvalue weighted by molar-refractivity contribution is -0.128. The summed E-state index contributed by atoms with van der Waals surface area (Å²) >= 11 is 1.38. The first-order chi connectivity index (χ1) is 14.7. The second-order valence-corrected chi connectivity index (χ2v) is 7.78. The molecule has 2 aromatic carbocycles. The minimum absolute atomic E-state index is 0.0188. The maximum atomic E-state index is 13.1. The van der Waals surface area contributed by atoms with Crippen molar-refractivity contribution in [2.24, 2.45) is 0 Å². The summed E-state index contributed by atoms with van der Waals surface area (Å²) in [5, 5.41) is 8.82. The van der Waals surface area contributed by atoms with Crippen LogP contribution in [-0.4, -0.2) is 38.4 Å². The highest BCUT2D eigenvalue weighted by atomic mass is 32.2. The Hall–Kier alpha value is -3.32. The van der Waals surface area contributed by atoms with E-state index in [1.807, 2.05) is 60.1 Å². The van der Waals surface area contributed by atoms with E-state index in [-0.39, 0.29) is 17.7 Å². The molecule has 2 heterocycles. The van der Waals surface area contributed by atoms with Crippen LogP contribution in [0.2, 0.25) is 0 Å². The summed E-state index contributed by atoms with van der Waals surface area (Å²) < 4.78 is 7.27. The fourth-order valence-electron chi connectivity index (χ4n) is 3.32. The fraction of sp³-hybridized carbons (Fsp3) is 0.174. The predicted molar refractivity (Wildman–Crippen MR) is 116 cm³/mol. The number of nitrogens with zero attached hydrogens (tertiary/aromatic N) is 4. The van der Waals surface area contributed by atoms with Crippen LogP contribution in [0.15, 0.2) is 95.0 Å². The van der Waals surface area contributed by atoms with E-state index >= 15 is 0 Å². The van der Waals surface area contributed by atoms with E-state index < -0.39 is 0 Å². The third kappa shape index (κ3) is 4.63. The summed E-state index contributed by atoms with van der Waals surface area (Å²) in [6.45, 7) is 0.531. The van der Waals surface area contributed by atoms with Gasteiger partial charge in [-0.1, -0.05) is 72.4 Å². The van der Waals surface area contributed by atoms with Crippen molar-refractivity contribution < 1.29 is 9.21 Å². The molecule has 0 aliphatic heterocycles. The molecule has 152 valence electrons. The van der Waals surface area contributed by atoms with Crippen molar-refractivity contribution in [3.05, 3.63) is 102 Å².